The molecule has 0 radical (unpaired) electrons. The van der Waals surface area contributed by atoms with E-state index in [-0.39, 0.29) is 0 Å². The first kappa shape index (κ1) is 12.1. The maximum Gasteiger partial charge on any atom is -0.0383 e. The molecule has 0 amide bonds. The van der Waals surface area contributed by atoms with Crippen LogP contribution in [-0.4, -0.2) is 0 Å². The normalized spacial score (nSPS) is 31.3. The van der Waals surface area contributed by atoms with Crippen LogP contribution in [0.1, 0.15) is 60.3 Å². The lowest BCUT2D eigenvalue weighted by molar-refractivity contribution is 0.116. The van der Waals surface area contributed by atoms with Crippen molar-refractivity contribution in [1.29, 1.82) is 0 Å². The molecule has 0 N–H and O–H groups in total. The van der Waals surface area contributed by atoms with Gasteiger partial charge < -0.3 is 0 Å². The molecule has 1 aliphatic carbocycles. The van der Waals surface area contributed by atoms with Crippen LogP contribution in [0.4, 0.5) is 0 Å². The fourth-order valence-electron chi connectivity index (χ4n) is 2.84. The van der Waals surface area contributed by atoms with Crippen LogP contribution in [-0.2, 0) is 0 Å². The third-order valence-electron chi connectivity index (χ3n) is 4.72. The maximum absolute atomic E-state index is 2.45. The Balaban J connectivity index is 2.29. The van der Waals surface area contributed by atoms with Crippen molar-refractivity contribution in [1.82, 2.24) is 0 Å². The summed E-state index contributed by atoms with van der Waals surface area (Å²) in [6.07, 6.45) is 5.91. The third kappa shape index (κ3) is 2.74. The Morgan fingerprint density at radius 1 is 1.00 bits per heavy atom. The summed E-state index contributed by atoms with van der Waals surface area (Å²) in [6, 6.07) is 0. The largest absolute Gasteiger partial charge is 0.0651 e. The second-order valence-corrected chi connectivity index (χ2v) is 5.82. The summed E-state index contributed by atoms with van der Waals surface area (Å²) in [6.45, 7) is 12.0. The number of rotatable bonds is 5. The van der Waals surface area contributed by atoms with E-state index in [1.807, 2.05) is 0 Å². The number of hydrogen-bond donors (Lipinski definition) is 0. The van der Waals surface area contributed by atoms with E-state index in [1.165, 1.54) is 25.7 Å². The van der Waals surface area contributed by atoms with Crippen LogP contribution in [0.3, 0.4) is 0 Å². The van der Waals surface area contributed by atoms with E-state index in [1.54, 1.807) is 0 Å². The van der Waals surface area contributed by atoms with Crippen LogP contribution in [0.2, 0.25) is 0 Å². The predicted molar refractivity (Wildman–Crippen MR) is 64.3 cm³/mol. The fraction of sp³-hybridized carbons (Fsp3) is 1.00. The molecule has 0 heterocycles. The average molecular weight is 196 g/mol. The zero-order valence-corrected chi connectivity index (χ0v) is 10.7. The summed E-state index contributed by atoms with van der Waals surface area (Å²) in [5.41, 5.74) is 0. The molecule has 0 aliphatic heterocycles. The van der Waals surface area contributed by atoms with Gasteiger partial charge in [0, 0.05) is 0 Å². The molecule has 0 heteroatoms. The molecule has 4 unspecified atom stereocenters. The molecule has 14 heavy (non-hydrogen) atoms. The minimum atomic E-state index is 0.852. The van der Waals surface area contributed by atoms with E-state index in [9.17, 15) is 0 Å². The molecule has 0 aromatic heterocycles. The van der Waals surface area contributed by atoms with E-state index in [0.29, 0.717) is 0 Å². The maximum atomic E-state index is 2.45. The highest BCUT2D eigenvalue weighted by atomic mass is 14.4. The molecule has 1 fully saturated rings. The van der Waals surface area contributed by atoms with Gasteiger partial charge in [-0.05, 0) is 48.9 Å². The van der Waals surface area contributed by atoms with Crippen molar-refractivity contribution in [3.63, 3.8) is 0 Å². The second-order valence-electron chi connectivity index (χ2n) is 5.82. The molecule has 1 aliphatic rings. The molecule has 0 spiro atoms. The first-order chi connectivity index (χ1) is 6.56. The standard InChI is InChI=1S/C14H28/c1-6-13-7-8-14(13)9-11(4)12(5)10(2)3/h10-14H,6-9H2,1-5H3. The summed E-state index contributed by atoms with van der Waals surface area (Å²) in [5.74, 6) is 4.81. The quantitative estimate of drug-likeness (QED) is 0.595. The highest BCUT2D eigenvalue weighted by Crippen LogP contribution is 2.42. The summed E-state index contributed by atoms with van der Waals surface area (Å²) in [4.78, 5) is 0. The van der Waals surface area contributed by atoms with Crippen LogP contribution < -0.4 is 0 Å². The van der Waals surface area contributed by atoms with Crippen molar-refractivity contribution in [2.24, 2.45) is 29.6 Å². The SMILES string of the molecule is CCC1CCC1CC(C)C(C)C(C)C. The van der Waals surface area contributed by atoms with Crippen LogP contribution in [0, 0.1) is 29.6 Å². The molecule has 0 bridgehead atoms. The van der Waals surface area contributed by atoms with Gasteiger partial charge in [0.25, 0.3) is 0 Å². The van der Waals surface area contributed by atoms with Gasteiger partial charge in [-0.1, -0.05) is 41.0 Å². The summed E-state index contributed by atoms with van der Waals surface area (Å²) < 4.78 is 0. The van der Waals surface area contributed by atoms with Crippen molar-refractivity contribution >= 4 is 0 Å². The first-order valence-electron chi connectivity index (χ1n) is 6.56. The van der Waals surface area contributed by atoms with Gasteiger partial charge in [-0.2, -0.15) is 0 Å². The lowest BCUT2D eigenvalue weighted by Gasteiger charge is -2.39. The molecule has 0 saturated heterocycles. The van der Waals surface area contributed by atoms with E-state index >= 15 is 0 Å². The Bertz CT molecular complexity index is 157. The second kappa shape index (κ2) is 5.19. The van der Waals surface area contributed by atoms with E-state index in [2.05, 4.69) is 34.6 Å². The monoisotopic (exact) mass is 196 g/mol. The zero-order valence-electron chi connectivity index (χ0n) is 10.7. The average Bonchev–Trinajstić information content (AvgIpc) is 2.11. The van der Waals surface area contributed by atoms with E-state index in [0.717, 1.165) is 29.6 Å². The van der Waals surface area contributed by atoms with E-state index < -0.39 is 0 Å². The van der Waals surface area contributed by atoms with Gasteiger partial charge in [-0.25, -0.2) is 0 Å². The van der Waals surface area contributed by atoms with Gasteiger partial charge in [-0.15, -0.1) is 0 Å². The minimum Gasteiger partial charge on any atom is -0.0651 e. The molecule has 0 nitrogen and oxygen atoms in total. The topological polar surface area (TPSA) is 0 Å². The Labute approximate surface area is 90.5 Å². The van der Waals surface area contributed by atoms with Gasteiger partial charge >= 0.3 is 0 Å². The zero-order chi connectivity index (χ0) is 10.7. The predicted octanol–water partition coefficient (Wildman–Crippen LogP) is 4.74. The molecular weight excluding hydrogens is 168 g/mol. The van der Waals surface area contributed by atoms with Crippen LogP contribution in [0.25, 0.3) is 0 Å². The lowest BCUT2D eigenvalue weighted by atomic mass is 9.66. The highest BCUT2D eigenvalue weighted by Gasteiger charge is 2.31. The lowest BCUT2D eigenvalue weighted by Crippen LogP contribution is -2.29. The first-order valence-corrected chi connectivity index (χ1v) is 6.56. The molecule has 0 aromatic rings. The molecule has 0 aromatic carbocycles. The van der Waals surface area contributed by atoms with Crippen molar-refractivity contribution < 1.29 is 0 Å². The smallest absolute Gasteiger partial charge is 0.0383 e. The Morgan fingerprint density at radius 3 is 1.93 bits per heavy atom. The van der Waals surface area contributed by atoms with Gasteiger partial charge in [-0.3, -0.25) is 0 Å². The van der Waals surface area contributed by atoms with Crippen LogP contribution >= 0.6 is 0 Å². The Kier molecular flexibility index (Phi) is 4.47. The van der Waals surface area contributed by atoms with Crippen molar-refractivity contribution in [2.45, 2.75) is 60.3 Å². The van der Waals surface area contributed by atoms with Gasteiger partial charge in [0.1, 0.15) is 0 Å². The van der Waals surface area contributed by atoms with Gasteiger partial charge in [0.15, 0.2) is 0 Å². The van der Waals surface area contributed by atoms with Crippen molar-refractivity contribution in [2.75, 3.05) is 0 Å². The van der Waals surface area contributed by atoms with Crippen molar-refractivity contribution in [3.05, 3.63) is 0 Å². The molecule has 84 valence electrons. The molecule has 1 rings (SSSR count). The van der Waals surface area contributed by atoms with Crippen molar-refractivity contribution in [3.8, 4) is 0 Å². The molecule has 1 saturated carbocycles. The van der Waals surface area contributed by atoms with Gasteiger partial charge in [0.05, 0.1) is 0 Å². The summed E-state index contributed by atoms with van der Waals surface area (Å²) in [5, 5.41) is 0. The highest BCUT2D eigenvalue weighted by molar-refractivity contribution is 4.82. The summed E-state index contributed by atoms with van der Waals surface area (Å²) in [7, 11) is 0. The minimum absolute atomic E-state index is 0.852. The summed E-state index contributed by atoms with van der Waals surface area (Å²) >= 11 is 0. The third-order valence-corrected chi connectivity index (χ3v) is 4.72. The molecular formula is C14H28. The van der Waals surface area contributed by atoms with E-state index in [4.69, 9.17) is 0 Å². The van der Waals surface area contributed by atoms with Gasteiger partial charge in [0.2, 0.25) is 0 Å². The Morgan fingerprint density at radius 2 is 1.57 bits per heavy atom. The fourth-order valence-corrected chi connectivity index (χ4v) is 2.84. The van der Waals surface area contributed by atoms with Crippen LogP contribution in [0.5, 0.6) is 0 Å². The molecule has 4 atom stereocenters. The number of hydrogen-bond acceptors (Lipinski definition) is 0. The van der Waals surface area contributed by atoms with Crippen LogP contribution in [0.15, 0.2) is 0 Å². The Hall–Kier alpha value is 0.